The van der Waals surface area contributed by atoms with Crippen LogP contribution in [0, 0.1) is 0 Å². The standard InChI is InChI=1S/C23H21ClN4O5/c1-31-17-8-5-14(18(11-17)32-2)9-10-25-19(29)12-28-13-26-22-20(23(28)30)21(27-33-22)15-3-6-16(24)7-4-15/h3-8,11,13H,9-10,12H2,1-2H3,(H,25,29). The van der Waals surface area contributed by atoms with Crippen molar-refractivity contribution in [3.8, 4) is 22.8 Å². The van der Waals surface area contributed by atoms with Crippen molar-refractivity contribution in [1.82, 2.24) is 20.0 Å². The molecule has 0 unspecified atom stereocenters. The van der Waals surface area contributed by atoms with E-state index in [9.17, 15) is 9.59 Å². The number of hydrogen-bond donors (Lipinski definition) is 1. The summed E-state index contributed by atoms with van der Waals surface area (Å²) in [7, 11) is 3.16. The molecule has 0 aliphatic rings. The van der Waals surface area contributed by atoms with E-state index in [0.717, 1.165) is 5.56 Å². The van der Waals surface area contributed by atoms with Crippen LogP contribution in [0.15, 0.2) is 58.1 Å². The number of carbonyl (C=O) groups is 1. The molecule has 4 rings (SSSR count). The minimum Gasteiger partial charge on any atom is -0.497 e. The van der Waals surface area contributed by atoms with Gasteiger partial charge in [0.15, 0.2) is 0 Å². The molecule has 0 saturated carbocycles. The van der Waals surface area contributed by atoms with E-state index in [2.05, 4.69) is 15.5 Å². The highest BCUT2D eigenvalue weighted by Crippen LogP contribution is 2.26. The fraction of sp³-hybridized carbons (Fsp3) is 0.217. The average molecular weight is 469 g/mol. The van der Waals surface area contributed by atoms with Crippen LogP contribution in [-0.4, -0.2) is 41.4 Å². The zero-order valence-corrected chi connectivity index (χ0v) is 18.8. The number of methoxy groups -OCH3 is 2. The fourth-order valence-electron chi connectivity index (χ4n) is 3.40. The Hall–Kier alpha value is -3.85. The molecule has 33 heavy (non-hydrogen) atoms. The molecule has 2 aromatic heterocycles. The number of aromatic nitrogens is 3. The summed E-state index contributed by atoms with van der Waals surface area (Å²) in [6.45, 7) is 0.183. The molecule has 0 atom stereocenters. The third kappa shape index (κ3) is 4.83. The molecule has 0 saturated heterocycles. The highest BCUT2D eigenvalue weighted by Gasteiger charge is 2.18. The summed E-state index contributed by atoms with van der Waals surface area (Å²) in [5, 5.41) is 7.55. The number of fused-ring (bicyclic) bond motifs is 1. The Morgan fingerprint density at radius 3 is 2.67 bits per heavy atom. The van der Waals surface area contributed by atoms with Crippen molar-refractivity contribution >= 4 is 28.6 Å². The van der Waals surface area contributed by atoms with Crippen LogP contribution < -0.4 is 20.3 Å². The topological polar surface area (TPSA) is 108 Å². The zero-order chi connectivity index (χ0) is 23.4. The van der Waals surface area contributed by atoms with Gasteiger partial charge in [-0.25, -0.2) is 4.98 Å². The first kappa shape index (κ1) is 22.3. The summed E-state index contributed by atoms with van der Waals surface area (Å²) in [4.78, 5) is 29.6. The first-order valence-electron chi connectivity index (χ1n) is 10.1. The van der Waals surface area contributed by atoms with Crippen LogP contribution in [0.4, 0.5) is 0 Å². The van der Waals surface area contributed by atoms with E-state index in [1.54, 1.807) is 44.6 Å². The van der Waals surface area contributed by atoms with E-state index in [1.807, 2.05) is 12.1 Å². The molecule has 0 radical (unpaired) electrons. The van der Waals surface area contributed by atoms with Crippen LogP contribution in [0.1, 0.15) is 5.56 Å². The molecular weight excluding hydrogens is 448 g/mol. The molecule has 4 aromatic rings. The number of nitrogens with one attached hydrogen (secondary N) is 1. The normalized spacial score (nSPS) is 10.9. The fourth-order valence-corrected chi connectivity index (χ4v) is 3.53. The number of halogens is 1. The van der Waals surface area contributed by atoms with Gasteiger partial charge in [-0.2, -0.15) is 0 Å². The highest BCUT2D eigenvalue weighted by atomic mass is 35.5. The van der Waals surface area contributed by atoms with Crippen LogP contribution in [0.25, 0.3) is 22.4 Å². The second-order valence-corrected chi connectivity index (χ2v) is 7.61. The smallest absolute Gasteiger partial charge is 0.267 e. The maximum Gasteiger partial charge on any atom is 0.267 e. The van der Waals surface area contributed by atoms with E-state index in [1.165, 1.54) is 10.9 Å². The van der Waals surface area contributed by atoms with Crippen LogP contribution in [0.3, 0.4) is 0 Å². The minimum absolute atomic E-state index is 0.105. The Labute approximate surface area is 193 Å². The van der Waals surface area contributed by atoms with Gasteiger partial charge in [0.05, 0.1) is 14.2 Å². The Kier molecular flexibility index (Phi) is 6.60. The van der Waals surface area contributed by atoms with Gasteiger partial charge in [0, 0.05) is 23.2 Å². The molecule has 0 bridgehead atoms. The Bertz CT molecular complexity index is 1350. The zero-order valence-electron chi connectivity index (χ0n) is 18.0. The molecule has 9 nitrogen and oxygen atoms in total. The second kappa shape index (κ2) is 9.74. The van der Waals surface area contributed by atoms with Gasteiger partial charge in [-0.05, 0) is 30.2 Å². The molecule has 170 valence electrons. The monoisotopic (exact) mass is 468 g/mol. The van der Waals surface area contributed by atoms with Gasteiger partial charge in [-0.3, -0.25) is 14.2 Å². The number of amides is 1. The number of benzene rings is 2. The molecule has 1 amide bonds. The van der Waals surface area contributed by atoms with Crippen molar-refractivity contribution in [2.75, 3.05) is 20.8 Å². The summed E-state index contributed by atoms with van der Waals surface area (Å²) in [5.41, 5.74) is 1.62. The van der Waals surface area contributed by atoms with Gasteiger partial charge >= 0.3 is 0 Å². The molecule has 0 aliphatic carbocycles. The van der Waals surface area contributed by atoms with Crippen LogP contribution >= 0.6 is 11.6 Å². The van der Waals surface area contributed by atoms with Gasteiger partial charge in [-0.1, -0.05) is 35.0 Å². The highest BCUT2D eigenvalue weighted by molar-refractivity contribution is 6.30. The van der Waals surface area contributed by atoms with Gasteiger partial charge in [-0.15, -0.1) is 0 Å². The molecule has 0 fully saturated rings. The lowest BCUT2D eigenvalue weighted by atomic mass is 10.1. The molecule has 0 aliphatic heterocycles. The maximum atomic E-state index is 13.0. The molecular formula is C23H21ClN4O5. The van der Waals surface area contributed by atoms with Gasteiger partial charge < -0.3 is 19.3 Å². The summed E-state index contributed by atoms with van der Waals surface area (Å²) in [5.74, 6) is 1.04. The van der Waals surface area contributed by atoms with Crippen LogP contribution in [-0.2, 0) is 17.8 Å². The Balaban J connectivity index is 1.46. The molecule has 1 N–H and O–H groups in total. The Morgan fingerprint density at radius 1 is 1.15 bits per heavy atom. The second-order valence-electron chi connectivity index (χ2n) is 7.17. The SMILES string of the molecule is COc1ccc(CCNC(=O)Cn2cnc3onc(-c4ccc(Cl)cc4)c3c2=O)c(OC)c1. The van der Waals surface area contributed by atoms with Crippen LogP contribution in [0.5, 0.6) is 11.5 Å². The summed E-state index contributed by atoms with van der Waals surface area (Å²) in [6, 6.07) is 12.4. The number of nitrogens with zero attached hydrogens (tertiary/aromatic N) is 3. The lowest BCUT2D eigenvalue weighted by Gasteiger charge is -2.11. The first-order valence-corrected chi connectivity index (χ1v) is 10.5. The Morgan fingerprint density at radius 2 is 1.94 bits per heavy atom. The predicted molar refractivity (Wildman–Crippen MR) is 123 cm³/mol. The predicted octanol–water partition coefficient (Wildman–Crippen LogP) is 3.08. The lowest BCUT2D eigenvalue weighted by molar-refractivity contribution is -0.121. The minimum atomic E-state index is -0.418. The van der Waals surface area contributed by atoms with Crippen molar-refractivity contribution in [3.05, 3.63) is 69.7 Å². The van der Waals surface area contributed by atoms with Crippen molar-refractivity contribution in [2.45, 2.75) is 13.0 Å². The third-order valence-electron chi connectivity index (χ3n) is 5.11. The molecule has 0 spiro atoms. The molecule has 10 heteroatoms. The number of ether oxygens (including phenoxy) is 2. The van der Waals surface area contributed by atoms with E-state index in [0.29, 0.717) is 40.7 Å². The van der Waals surface area contributed by atoms with E-state index >= 15 is 0 Å². The van der Waals surface area contributed by atoms with Gasteiger partial charge in [0.2, 0.25) is 5.91 Å². The summed E-state index contributed by atoms with van der Waals surface area (Å²) in [6.07, 6.45) is 1.82. The van der Waals surface area contributed by atoms with Gasteiger partial charge in [0.25, 0.3) is 11.3 Å². The van der Waals surface area contributed by atoms with Crippen molar-refractivity contribution in [3.63, 3.8) is 0 Å². The molecule has 2 aromatic carbocycles. The van der Waals surface area contributed by atoms with E-state index in [-0.39, 0.29) is 23.6 Å². The van der Waals surface area contributed by atoms with Crippen molar-refractivity contribution in [2.24, 2.45) is 0 Å². The first-order chi connectivity index (χ1) is 16.0. The third-order valence-corrected chi connectivity index (χ3v) is 5.36. The average Bonchev–Trinajstić information content (AvgIpc) is 3.26. The molecule has 2 heterocycles. The number of rotatable bonds is 8. The summed E-state index contributed by atoms with van der Waals surface area (Å²) < 4.78 is 17.0. The van der Waals surface area contributed by atoms with Crippen molar-refractivity contribution in [1.29, 1.82) is 0 Å². The largest absolute Gasteiger partial charge is 0.497 e. The van der Waals surface area contributed by atoms with Gasteiger partial charge in [0.1, 0.15) is 35.5 Å². The number of hydrogen-bond acceptors (Lipinski definition) is 7. The maximum absolute atomic E-state index is 13.0. The lowest BCUT2D eigenvalue weighted by Crippen LogP contribution is -2.33. The summed E-state index contributed by atoms with van der Waals surface area (Å²) >= 11 is 5.94. The van der Waals surface area contributed by atoms with Crippen molar-refractivity contribution < 1.29 is 18.8 Å². The van der Waals surface area contributed by atoms with E-state index in [4.69, 9.17) is 25.6 Å². The number of carbonyl (C=O) groups excluding carboxylic acids is 1. The van der Waals surface area contributed by atoms with Crippen LogP contribution in [0.2, 0.25) is 5.02 Å². The quantitative estimate of drug-likeness (QED) is 0.423. The van der Waals surface area contributed by atoms with E-state index < -0.39 is 5.56 Å².